The van der Waals surface area contributed by atoms with E-state index in [1.54, 1.807) is 24.3 Å². The summed E-state index contributed by atoms with van der Waals surface area (Å²) in [5, 5.41) is 23.2. The van der Waals surface area contributed by atoms with Crippen molar-refractivity contribution in [1.29, 1.82) is 0 Å². The molecule has 1 heterocycles. The molecule has 0 aliphatic heterocycles. The van der Waals surface area contributed by atoms with E-state index in [1.807, 2.05) is 6.92 Å². The molecule has 1 aromatic carbocycles. The van der Waals surface area contributed by atoms with Gasteiger partial charge in [0, 0.05) is 30.0 Å². The Kier molecular flexibility index (Phi) is 5.50. The predicted octanol–water partition coefficient (Wildman–Crippen LogP) is 3.60. The number of hydrogen-bond acceptors (Lipinski definition) is 3. The summed E-state index contributed by atoms with van der Waals surface area (Å²) in [5.74, 6) is 0.211. The molecule has 2 rings (SSSR count). The second-order valence-electron chi connectivity index (χ2n) is 6.57. The second kappa shape index (κ2) is 7.20. The third-order valence-electron chi connectivity index (χ3n) is 4.43. The molecule has 0 unspecified atom stereocenters. The Hall–Kier alpha value is -1.78. The van der Waals surface area contributed by atoms with Crippen molar-refractivity contribution < 1.29 is 10.2 Å². The first-order valence-corrected chi connectivity index (χ1v) is 8.19. The van der Waals surface area contributed by atoms with E-state index < -0.39 is 6.10 Å². The van der Waals surface area contributed by atoms with Gasteiger partial charge in [-0.1, -0.05) is 12.1 Å². The number of hydrogen-bond donors (Lipinski definition) is 3. The molecule has 126 valence electrons. The zero-order chi connectivity index (χ0) is 17.1. The Morgan fingerprint density at radius 2 is 1.70 bits per heavy atom. The van der Waals surface area contributed by atoms with Crippen molar-refractivity contribution in [2.24, 2.45) is 0 Å². The van der Waals surface area contributed by atoms with Gasteiger partial charge in [0.25, 0.3) is 0 Å². The molecule has 3 N–H and O–H groups in total. The summed E-state index contributed by atoms with van der Waals surface area (Å²) in [4.78, 5) is 0. The Bertz CT molecular complexity index is 644. The summed E-state index contributed by atoms with van der Waals surface area (Å²) in [5.41, 5.74) is 4.61. The highest BCUT2D eigenvalue weighted by molar-refractivity contribution is 5.29. The SMILES string of the molecule is Cc1cc(CN[C@@H](C)[C@@H](O)c2ccc(O)cc2)c(C)n1C(C)C. The van der Waals surface area contributed by atoms with Crippen LogP contribution in [-0.2, 0) is 6.54 Å². The van der Waals surface area contributed by atoms with Crippen LogP contribution in [0.3, 0.4) is 0 Å². The van der Waals surface area contributed by atoms with Crippen molar-refractivity contribution in [1.82, 2.24) is 9.88 Å². The fraction of sp³-hybridized carbons (Fsp3) is 0.474. The van der Waals surface area contributed by atoms with Gasteiger partial charge in [0.05, 0.1) is 6.10 Å². The average molecular weight is 316 g/mol. The molecular formula is C19H28N2O2. The molecule has 2 aromatic rings. The van der Waals surface area contributed by atoms with Crippen molar-refractivity contribution in [2.75, 3.05) is 0 Å². The number of nitrogens with zero attached hydrogens (tertiary/aromatic N) is 1. The van der Waals surface area contributed by atoms with Crippen LogP contribution in [0.15, 0.2) is 30.3 Å². The first-order valence-electron chi connectivity index (χ1n) is 8.19. The molecule has 4 nitrogen and oxygen atoms in total. The fourth-order valence-corrected chi connectivity index (χ4v) is 3.16. The van der Waals surface area contributed by atoms with Gasteiger partial charge < -0.3 is 20.1 Å². The van der Waals surface area contributed by atoms with Crippen LogP contribution < -0.4 is 5.32 Å². The maximum atomic E-state index is 10.4. The molecule has 0 saturated carbocycles. The van der Waals surface area contributed by atoms with E-state index in [0.29, 0.717) is 6.04 Å². The largest absolute Gasteiger partial charge is 0.508 e. The van der Waals surface area contributed by atoms with E-state index in [-0.39, 0.29) is 11.8 Å². The van der Waals surface area contributed by atoms with Gasteiger partial charge in [-0.3, -0.25) is 0 Å². The van der Waals surface area contributed by atoms with Crippen LogP contribution in [0.1, 0.15) is 55.4 Å². The van der Waals surface area contributed by atoms with Crippen LogP contribution in [0.4, 0.5) is 0 Å². The van der Waals surface area contributed by atoms with Crippen LogP contribution in [-0.4, -0.2) is 20.8 Å². The first-order chi connectivity index (χ1) is 10.8. The molecule has 1 aromatic heterocycles. The maximum absolute atomic E-state index is 10.4. The first kappa shape index (κ1) is 17.6. The number of nitrogens with one attached hydrogen (secondary N) is 1. The second-order valence-corrected chi connectivity index (χ2v) is 6.57. The molecule has 0 spiro atoms. The van der Waals surface area contributed by atoms with Crippen LogP contribution in [0.2, 0.25) is 0 Å². The molecule has 23 heavy (non-hydrogen) atoms. The standard InChI is InChI=1S/C19H28N2O2/c1-12(2)21-13(3)10-17(15(21)5)11-20-14(4)19(23)16-6-8-18(22)9-7-16/h6-10,12,14,19-20,22-23H,11H2,1-5H3/t14-,19+/m0/s1. The lowest BCUT2D eigenvalue weighted by molar-refractivity contribution is 0.135. The zero-order valence-corrected chi connectivity index (χ0v) is 14.7. The van der Waals surface area contributed by atoms with E-state index in [9.17, 15) is 10.2 Å². The minimum absolute atomic E-state index is 0.0818. The minimum atomic E-state index is -0.607. The molecule has 0 aliphatic rings. The van der Waals surface area contributed by atoms with Crippen LogP contribution >= 0.6 is 0 Å². The van der Waals surface area contributed by atoms with Gasteiger partial charge in [-0.25, -0.2) is 0 Å². The summed E-state index contributed by atoms with van der Waals surface area (Å²) in [6.07, 6.45) is -0.607. The van der Waals surface area contributed by atoms with E-state index >= 15 is 0 Å². The van der Waals surface area contributed by atoms with E-state index in [4.69, 9.17) is 0 Å². The molecule has 0 bridgehead atoms. The lowest BCUT2D eigenvalue weighted by Gasteiger charge is -2.21. The number of aromatic nitrogens is 1. The summed E-state index contributed by atoms with van der Waals surface area (Å²) in [7, 11) is 0. The number of phenols is 1. The molecule has 0 radical (unpaired) electrons. The summed E-state index contributed by atoms with van der Waals surface area (Å²) < 4.78 is 2.33. The summed E-state index contributed by atoms with van der Waals surface area (Å²) in [6, 6.07) is 9.28. The van der Waals surface area contributed by atoms with Crippen molar-refractivity contribution in [3.8, 4) is 5.75 Å². The molecule has 2 atom stereocenters. The third-order valence-corrected chi connectivity index (χ3v) is 4.43. The molecule has 0 saturated heterocycles. The maximum Gasteiger partial charge on any atom is 0.115 e. The van der Waals surface area contributed by atoms with Gasteiger partial charge in [0.1, 0.15) is 5.75 Å². The van der Waals surface area contributed by atoms with Crippen LogP contribution in [0.25, 0.3) is 0 Å². The van der Waals surface area contributed by atoms with Crippen molar-refractivity contribution >= 4 is 0 Å². The number of benzene rings is 1. The highest BCUT2D eigenvalue weighted by Gasteiger charge is 2.17. The third kappa shape index (κ3) is 3.95. The van der Waals surface area contributed by atoms with Gasteiger partial charge in [-0.05, 0) is 63.9 Å². The van der Waals surface area contributed by atoms with Gasteiger partial charge >= 0.3 is 0 Å². The number of aromatic hydroxyl groups is 1. The van der Waals surface area contributed by atoms with Crippen molar-refractivity contribution in [3.63, 3.8) is 0 Å². The summed E-state index contributed by atoms with van der Waals surface area (Å²) in [6.45, 7) is 11.3. The molecule has 0 fully saturated rings. The van der Waals surface area contributed by atoms with E-state index in [2.05, 4.69) is 43.6 Å². The van der Waals surface area contributed by atoms with Gasteiger partial charge in [0.15, 0.2) is 0 Å². The molecule has 4 heteroatoms. The molecule has 0 aliphatic carbocycles. The highest BCUT2D eigenvalue weighted by Crippen LogP contribution is 2.22. The predicted molar refractivity (Wildman–Crippen MR) is 93.7 cm³/mol. The summed E-state index contributed by atoms with van der Waals surface area (Å²) >= 11 is 0. The number of aryl methyl sites for hydroxylation is 1. The van der Waals surface area contributed by atoms with Crippen molar-refractivity contribution in [2.45, 2.75) is 59.4 Å². The monoisotopic (exact) mass is 316 g/mol. The molecule has 0 amide bonds. The normalized spacial score (nSPS) is 14.2. The number of aliphatic hydroxyl groups excluding tert-OH is 1. The van der Waals surface area contributed by atoms with Crippen molar-refractivity contribution in [3.05, 3.63) is 52.8 Å². The van der Waals surface area contributed by atoms with Gasteiger partial charge in [-0.15, -0.1) is 0 Å². The van der Waals surface area contributed by atoms with Crippen LogP contribution in [0, 0.1) is 13.8 Å². The van der Waals surface area contributed by atoms with E-state index in [0.717, 1.165) is 12.1 Å². The minimum Gasteiger partial charge on any atom is -0.508 e. The Labute approximate surface area is 138 Å². The lowest BCUT2D eigenvalue weighted by atomic mass is 10.0. The number of aliphatic hydroxyl groups is 1. The van der Waals surface area contributed by atoms with Gasteiger partial charge in [-0.2, -0.15) is 0 Å². The number of phenolic OH excluding ortho intramolecular Hbond substituents is 1. The quantitative estimate of drug-likeness (QED) is 0.763. The Morgan fingerprint density at radius 1 is 1.09 bits per heavy atom. The highest BCUT2D eigenvalue weighted by atomic mass is 16.3. The Morgan fingerprint density at radius 3 is 2.22 bits per heavy atom. The smallest absolute Gasteiger partial charge is 0.115 e. The van der Waals surface area contributed by atoms with E-state index in [1.165, 1.54) is 17.0 Å². The topological polar surface area (TPSA) is 57.4 Å². The van der Waals surface area contributed by atoms with Gasteiger partial charge in [0.2, 0.25) is 0 Å². The average Bonchev–Trinajstić information content (AvgIpc) is 2.79. The number of rotatable bonds is 6. The fourth-order valence-electron chi connectivity index (χ4n) is 3.16. The Balaban J connectivity index is 2.03. The lowest BCUT2D eigenvalue weighted by Crippen LogP contribution is -2.31. The zero-order valence-electron chi connectivity index (χ0n) is 14.7. The van der Waals surface area contributed by atoms with Crippen LogP contribution in [0.5, 0.6) is 5.75 Å². The molecular weight excluding hydrogens is 288 g/mol.